The van der Waals surface area contributed by atoms with Gasteiger partial charge in [-0.1, -0.05) is 17.7 Å². The molecule has 2 rings (SSSR count). The van der Waals surface area contributed by atoms with Crippen LogP contribution in [0.2, 0.25) is 0 Å². The van der Waals surface area contributed by atoms with Crippen LogP contribution in [0.25, 0.3) is 11.3 Å². The molecule has 88 valence electrons. The van der Waals surface area contributed by atoms with Crippen LogP contribution < -0.4 is 4.57 Å². The van der Waals surface area contributed by atoms with E-state index < -0.39 is 13.7 Å². The standard InChI is InChI=1S/C16H20N/c1-11-6-7-13(3)15(10-11)16-9-8-12(2)14(4)17(16)5/h6-10H,1-5H3/q+1/i2D3,4D3. The second-order valence-electron chi connectivity index (χ2n) is 4.36. The van der Waals surface area contributed by atoms with Crippen molar-refractivity contribution >= 4 is 0 Å². The van der Waals surface area contributed by atoms with Gasteiger partial charge in [0.2, 0.25) is 5.69 Å². The molecule has 0 saturated carbocycles. The van der Waals surface area contributed by atoms with Crippen molar-refractivity contribution in [2.24, 2.45) is 7.05 Å². The van der Waals surface area contributed by atoms with Crippen LogP contribution in [0.4, 0.5) is 0 Å². The lowest BCUT2D eigenvalue weighted by Crippen LogP contribution is -2.35. The molecule has 1 aromatic carbocycles. The highest BCUT2D eigenvalue weighted by molar-refractivity contribution is 5.62. The SMILES string of the molecule is [2H]C([2H])([2H])c1ccc(-c2cc(C)ccc2C)[n+](C)c1C([2H])([2H])[2H]. The number of nitrogens with zero attached hydrogens (tertiary/aromatic N) is 1. The minimum absolute atomic E-state index is 0.131. The molecule has 0 aliphatic rings. The van der Waals surface area contributed by atoms with Crippen LogP contribution in [0.5, 0.6) is 0 Å². The van der Waals surface area contributed by atoms with Crippen molar-refractivity contribution in [2.45, 2.75) is 27.6 Å². The first kappa shape index (κ1) is 6.34. The number of rotatable bonds is 1. The van der Waals surface area contributed by atoms with Gasteiger partial charge in [0.1, 0.15) is 7.05 Å². The molecule has 0 radical (unpaired) electrons. The van der Waals surface area contributed by atoms with Gasteiger partial charge in [-0.2, -0.15) is 4.57 Å². The summed E-state index contributed by atoms with van der Waals surface area (Å²) >= 11 is 0. The maximum absolute atomic E-state index is 7.75. The summed E-state index contributed by atoms with van der Waals surface area (Å²) < 4.78 is 47.6. The highest BCUT2D eigenvalue weighted by Gasteiger charge is 2.15. The molecule has 0 fully saturated rings. The van der Waals surface area contributed by atoms with Crippen molar-refractivity contribution in [3.8, 4) is 11.3 Å². The average molecular weight is 232 g/mol. The lowest BCUT2D eigenvalue weighted by Gasteiger charge is -2.08. The van der Waals surface area contributed by atoms with Crippen molar-refractivity contribution < 1.29 is 12.8 Å². The number of aromatic nitrogens is 1. The normalized spacial score (nSPS) is 17.4. The molecular weight excluding hydrogens is 206 g/mol. The highest BCUT2D eigenvalue weighted by Crippen LogP contribution is 2.22. The smallest absolute Gasteiger partial charge is 0.198 e. The summed E-state index contributed by atoms with van der Waals surface area (Å²) in [6.45, 7) is -1.07. The molecule has 0 bridgehead atoms. The summed E-state index contributed by atoms with van der Waals surface area (Å²) in [6.07, 6.45) is 0. The van der Waals surface area contributed by atoms with E-state index in [0.29, 0.717) is 5.69 Å². The number of pyridine rings is 1. The quantitative estimate of drug-likeness (QED) is 0.663. The topological polar surface area (TPSA) is 3.88 Å². The first-order valence-electron chi connectivity index (χ1n) is 8.54. The maximum atomic E-state index is 7.75. The fraction of sp³-hybridized carbons (Fsp3) is 0.312. The second-order valence-corrected chi connectivity index (χ2v) is 4.36. The zero-order valence-electron chi connectivity index (χ0n) is 16.3. The van der Waals surface area contributed by atoms with E-state index in [-0.39, 0.29) is 11.3 Å². The first-order valence-corrected chi connectivity index (χ1v) is 5.54. The molecule has 1 nitrogen and oxygen atoms in total. The largest absolute Gasteiger partial charge is 0.212 e. The van der Waals surface area contributed by atoms with Gasteiger partial charge in [0.25, 0.3) is 0 Å². The molecular formula is C16H20N+. The number of aryl methyl sites for hydroxylation is 3. The molecule has 0 atom stereocenters. The third-order valence-corrected chi connectivity index (χ3v) is 3.03. The van der Waals surface area contributed by atoms with E-state index in [1.54, 1.807) is 13.1 Å². The van der Waals surface area contributed by atoms with Gasteiger partial charge in [-0.3, -0.25) is 0 Å². The molecule has 0 aliphatic heterocycles. The highest BCUT2D eigenvalue weighted by atomic mass is 14.9. The van der Waals surface area contributed by atoms with Crippen LogP contribution >= 0.6 is 0 Å². The fourth-order valence-electron chi connectivity index (χ4n) is 1.94. The minimum Gasteiger partial charge on any atom is -0.198 e. The Labute approximate surface area is 112 Å². The number of hydrogen-bond donors (Lipinski definition) is 0. The Bertz CT molecular complexity index is 743. The molecule has 1 heteroatoms. The molecule has 0 N–H and O–H groups in total. The Morgan fingerprint density at radius 2 is 1.76 bits per heavy atom. The van der Waals surface area contributed by atoms with Crippen LogP contribution in [0.15, 0.2) is 30.3 Å². The van der Waals surface area contributed by atoms with Gasteiger partial charge >= 0.3 is 0 Å². The molecule has 17 heavy (non-hydrogen) atoms. The van der Waals surface area contributed by atoms with Crippen molar-refractivity contribution in [3.63, 3.8) is 0 Å². The Kier molecular flexibility index (Phi) is 1.61. The first-order chi connectivity index (χ1) is 10.4. The van der Waals surface area contributed by atoms with E-state index in [1.165, 1.54) is 10.6 Å². The molecule has 1 aromatic heterocycles. The van der Waals surface area contributed by atoms with Crippen LogP contribution in [-0.2, 0) is 7.05 Å². The average Bonchev–Trinajstić information content (AvgIpc) is 2.39. The van der Waals surface area contributed by atoms with Crippen molar-refractivity contribution in [3.05, 3.63) is 52.7 Å². The van der Waals surface area contributed by atoms with Crippen LogP contribution in [0, 0.1) is 27.6 Å². The summed E-state index contributed by atoms with van der Waals surface area (Å²) in [5.41, 5.74) is 3.37. The summed E-state index contributed by atoms with van der Waals surface area (Å²) in [7, 11) is 1.61. The van der Waals surface area contributed by atoms with Crippen molar-refractivity contribution in [1.29, 1.82) is 0 Å². The lowest BCUT2D eigenvalue weighted by atomic mass is 10.0. The van der Waals surface area contributed by atoms with E-state index in [9.17, 15) is 0 Å². The minimum atomic E-state index is -2.51. The molecule has 0 unspecified atom stereocenters. The molecule has 0 saturated heterocycles. The molecule has 0 amide bonds. The van der Waals surface area contributed by atoms with Crippen LogP contribution in [0.1, 0.15) is 30.6 Å². The summed E-state index contributed by atoms with van der Waals surface area (Å²) in [5.74, 6) is 0. The van der Waals surface area contributed by atoms with E-state index in [1.807, 2.05) is 32.0 Å². The number of hydrogen-bond acceptors (Lipinski definition) is 0. The van der Waals surface area contributed by atoms with Crippen LogP contribution in [-0.4, -0.2) is 0 Å². The van der Waals surface area contributed by atoms with E-state index in [0.717, 1.165) is 16.7 Å². The summed E-state index contributed by atoms with van der Waals surface area (Å²) in [6, 6.07) is 9.02. The van der Waals surface area contributed by atoms with E-state index in [4.69, 9.17) is 8.22 Å². The van der Waals surface area contributed by atoms with Gasteiger partial charge in [0.05, 0.1) is 0 Å². The maximum Gasteiger partial charge on any atom is 0.212 e. The predicted octanol–water partition coefficient (Wildman–Crippen LogP) is 3.41. The monoisotopic (exact) mass is 232 g/mol. The molecule has 1 heterocycles. The van der Waals surface area contributed by atoms with Gasteiger partial charge < -0.3 is 0 Å². The van der Waals surface area contributed by atoms with Gasteiger partial charge in [-0.05, 0) is 38.4 Å². The van der Waals surface area contributed by atoms with Crippen LogP contribution in [0.3, 0.4) is 0 Å². The van der Waals surface area contributed by atoms with Gasteiger partial charge in [0, 0.05) is 32.3 Å². The fourth-order valence-corrected chi connectivity index (χ4v) is 1.94. The van der Waals surface area contributed by atoms with E-state index in [2.05, 4.69) is 0 Å². The number of benzene rings is 1. The van der Waals surface area contributed by atoms with Gasteiger partial charge in [-0.15, -0.1) is 0 Å². The van der Waals surface area contributed by atoms with Gasteiger partial charge in [-0.25, -0.2) is 0 Å². The third-order valence-electron chi connectivity index (χ3n) is 3.03. The third kappa shape index (κ3) is 2.10. The van der Waals surface area contributed by atoms with Crippen molar-refractivity contribution in [1.82, 2.24) is 0 Å². The van der Waals surface area contributed by atoms with Crippen molar-refractivity contribution in [2.75, 3.05) is 0 Å². The Hall–Kier alpha value is -1.63. The summed E-state index contributed by atoms with van der Waals surface area (Å²) in [4.78, 5) is 0. The lowest BCUT2D eigenvalue weighted by molar-refractivity contribution is -0.667. The second kappa shape index (κ2) is 4.33. The zero-order valence-corrected chi connectivity index (χ0v) is 10.3. The van der Waals surface area contributed by atoms with E-state index >= 15 is 0 Å². The Morgan fingerprint density at radius 3 is 2.47 bits per heavy atom. The molecule has 0 aliphatic carbocycles. The van der Waals surface area contributed by atoms with Gasteiger partial charge in [0.15, 0.2) is 5.69 Å². The Balaban J connectivity index is 2.82. The molecule has 2 aromatic rings. The Morgan fingerprint density at radius 1 is 1.00 bits per heavy atom. The summed E-state index contributed by atoms with van der Waals surface area (Å²) in [5, 5.41) is 0. The predicted molar refractivity (Wildman–Crippen MR) is 72.0 cm³/mol. The zero-order chi connectivity index (χ0) is 17.6. The molecule has 0 spiro atoms.